The Bertz CT molecular complexity index is 173. The fourth-order valence-corrected chi connectivity index (χ4v) is 1.11. The molecule has 8 heavy (non-hydrogen) atoms. The molecule has 2 N–H and O–H groups in total. The number of rotatable bonds is 1. The summed E-state index contributed by atoms with van der Waals surface area (Å²) in [5.41, 5.74) is 6.16. The number of methoxy groups -OCH3 is 1. The Kier molecular flexibility index (Phi) is 1.39. The Morgan fingerprint density at radius 2 is 2.50 bits per heavy atom. The van der Waals surface area contributed by atoms with Crippen molar-refractivity contribution in [2.24, 2.45) is 0 Å². The van der Waals surface area contributed by atoms with Gasteiger partial charge in [0.15, 0.2) is 5.06 Å². The lowest BCUT2D eigenvalue weighted by atomic mass is 10.5. The SMILES string of the molecule is COc1sccc1N. The van der Waals surface area contributed by atoms with E-state index in [1.165, 1.54) is 11.3 Å². The van der Waals surface area contributed by atoms with E-state index >= 15 is 0 Å². The molecule has 0 aromatic carbocycles. The van der Waals surface area contributed by atoms with Gasteiger partial charge >= 0.3 is 0 Å². The van der Waals surface area contributed by atoms with Crippen molar-refractivity contribution in [3.63, 3.8) is 0 Å². The molecule has 1 heterocycles. The number of nitrogens with two attached hydrogens (primary N) is 1. The van der Waals surface area contributed by atoms with Gasteiger partial charge in [0.2, 0.25) is 0 Å². The predicted octanol–water partition coefficient (Wildman–Crippen LogP) is 1.34. The van der Waals surface area contributed by atoms with Crippen LogP contribution in [0.15, 0.2) is 11.4 Å². The van der Waals surface area contributed by atoms with E-state index in [9.17, 15) is 0 Å². The van der Waals surface area contributed by atoms with Gasteiger partial charge in [-0.15, -0.1) is 11.3 Å². The van der Waals surface area contributed by atoms with Gasteiger partial charge in [0.25, 0.3) is 0 Å². The molecule has 1 aromatic rings. The van der Waals surface area contributed by atoms with Gasteiger partial charge < -0.3 is 10.5 Å². The second-order valence-electron chi connectivity index (χ2n) is 1.37. The maximum atomic E-state index is 5.44. The van der Waals surface area contributed by atoms with Crippen molar-refractivity contribution < 1.29 is 4.74 Å². The lowest BCUT2D eigenvalue weighted by Gasteiger charge is -1.92. The third-order valence-corrected chi connectivity index (χ3v) is 1.73. The quantitative estimate of drug-likeness (QED) is 0.621. The van der Waals surface area contributed by atoms with Gasteiger partial charge in [-0.25, -0.2) is 0 Å². The van der Waals surface area contributed by atoms with Gasteiger partial charge in [-0.1, -0.05) is 0 Å². The monoisotopic (exact) mass is 129 g/mol. The molecule has 0 radical (unpaired) electrons. The molecule has 2 nitrogen and oxygen atoms in total. The molecule has 0 aliphatic carbocycles. The molecule has 1 rings (SSSR count). The lowest BCUT2D eigenvalue weighted by molar-refractivity contribution is 0.429. The summed E-state index contributed by atoms with van der Waals surface area (Å²) in [6.45, 7) is 0. The number of anilines is 1. The normalized spacial score (nSPS) is 9.12. The molecule has 0 saturated carbocycles. The van der Waals surface area contributed by atoms with Gasteiger partial charge in [0.05, 0.1) is 12.8 Å². The van der Waals surface area contributed by atoms with Gasteiger partial charge in [-0.2, -0.15) is 0 Å². The maximum absolute atomic E-state index is 5.44. The van der Waals surface area contributed by atoms with Crippen LogP contribution in [0, 0.1) is 0 Å². The number of nitrogen functional groups attached to an aromatic ring is 1. The average Bonchev–Trinajstić information content (AvgIpc) is 2.14. The van der Waals surface area contributed by atoms with E-state index in [-0.39, 0.29) is 0 Å². The summed E-state index contributed by atoms with van der Waals surface area (Å²) in [7, 11) is 1.61. The summed E-state index contributed by atoms with van der Waals surface area (Å²) in [6, 6.07) is 1.82. The molecule has 3 heteroatoms. The van der Waals surface area contributed by atoms with E-state index in [4.69, 9.17) is 10.5 Å². The van der Waals surface area contributed by atoms with Gasteiger partial charge in [0.1, 0.15) is 0 Å². The highest BCUT2D eigenvalue weighted by molar-refractivity contribution is 7.12. The fraction of sp³-hybridized carbons (Fsp3) is 0.200. The first-order valence-corrected chi connectivity index (χ1v) is 3.09. The van der Waals surface area contributed by atoms with Crippen molar-refractivity contribution in [2.45, 2.75) is 0 Å². The first kappa shape index (κ1) is 5.44. The Morgan fingerprint density at radius 3 is 2.75 bits per heavy atom. The molecule has 1 aromatic heterocycles. The zero-order valence-corrected chi connectivity index (χ0v) is 5.37. The first-order valence-electron chi connectivity index (χ1n) is 2.21. The molecule has 0 aliphatic heterocycles. The summed E-state index contributed by atoms with van der Waals surface area (Å²) in [5.74, 6) is 0. The van der Waals surface area contributed by atoms with Crippen LogP contribution in [0.25, 0.3) is 0 Å². The molecule has 0 spiro atoms. The van der Waals surface area contributed by atoms with E-state index in [1.54, 1.807) is 7.11 Å². The summed E-state index contributed by atoms with van der Waals surface area (Å²) < 4.78 is 4.88. The average molecular weight is 129 g/mol. The van der Waals surface area contributed by atoms with Crippen molar-refractivity contribution >= 4 is 17.0 Å². The minimum atomic E-state index is 0.720. The van der Waals surface area contributed by atoms with E-state index in [0.717, 1.165) is 10.8 Å². The van der Waals surface area contributed by atoms with Crippen LogP contribution in [0.2, 0.25) is 0 Å². The summed E-state index contributed by atoms with van der Waals surface area (Å²) >= 11 is 1.50. The Hall–Kier alpha value is -0.700. The van der Waals surface area contributed by atoms with Crippen molar-refractivity contribution in [2.75, 3.05) is 12.8 Å². The van der Waals surface area contributed by atoms with Crippen LogP contribution in [0.4, 0.5) is 5.69 Å². The molecule has 0 atom stereocenters. The highest BCUT2D eigenvalue weighted by atomic mass is 32.1. The second-order valence-corrected chi connectivity index (χ2v) is 2.25. The minimum Gasteiger partial charge on any atom is -0.486 e. The van der Waals surface area contributed by atoms with Crippen LogP contribution in [-0.4, -0.2) is 7.11 Å². The zero-order chi connectivity index (χ0) is 5.98. The summed E-state index contributed by atoms with van der Waals surface area (Å²) in [5, 5.41) is 2.69. The molecular weight excluding hydrogens is 122 g/mol. The van der Waals surface area contributed by atoms with Crippen molar-refractivity contribution in [1.29, 1.82) is 0 Å². The van der Waals surface area contributed by atoms with E-state index < -0.39 is 0 Å². The molecule has 0 bridgehead atoms. The van der Waals surface area contributed by atoms with Gasteiger partial charge in [0, 0.05) is 0 Å². The summed E-state index contributed by atoms with van der Waals surface area (Å²) in [6.07, 6.45) is 0. The van der Waals surface area contributed by atoms with Crippen LogP contribution < -0.4 is 10.5 Å². The van der Waals surface area contributed by atoms with E-state index in [1.807, 2.05) is 11.4 Å². The Morgan fingerprint density at radius 1 is 1.75 bits per heavy atom. The number of hydrogen-bond donors (Lipinski definition) is 1. The highest BCUT2D eigenvalue weighted by Crippen LogP contribution is 2.26. The number of ether oxygens (including phenoxy) is 1. The fourth-order valence-electron chi connectivity index (χ4n) is 0.471. The molecule has 0 saturated heterocycles. The van der Waals surface area contributed by atoms with Crippen LogP contribution in [0.5, 0.6) is 5.06 Å². The van der Waals surface area contributed by atoms with Crippen LogP contribution in [0.3, 0.4) is 0 Å². The van der Waals surface area contributed by atoms with Crippen LogP contribution >= 0.6 is 11.3 Å². The Balaban J connectivity index is 2.92. The zero-order valence-electron chi connectivity index (χ0n) is 4.55. The van der Waals surface area contributed by atoms with Crippen LogP contribution in [-0.2, 0) is 0 Å². The molecule has 0 aliphatic rings. The highest BCUT2D eigenvalue weighted by Gasteiger charge is 1.95. The third kappa shape index (κ3) is 0.767. The Labute approximate surface area is 51.9 Å². The van der Waals surface area contributed by atoms with E-state index in [2.05, 4.69) is 0 Å². The maximum Gasteiger partial charge on any atom is 0.196 e. The van der Waals surface area contributed by atoms with Crippen molar-refractivity contribution in [3.8, 4) is 5.06 Å². The van der Waals surface area contributed by atoms with Gasteiger partial charge in [-0.3, -0.25) is 0 Å². The molecule has 0 unspecified atom stereocenters. The minimum absolute atomic E-state index is 0.720. The third-order valence-electron chi connectivity index (χ3n) is 0.844. The topological polar surface area (TPSA) is 35.2 Å². The van der Waals surface area contributed by atoms with Gasteiger partial charge in [-0.05, 0) is 11.4 Å². The number of hydrogen-bond acceptors (Lipinski definition) is 3. The lowest BCUT2D eigenvalue weighted by Crippen LogP contribution is -1.84. The van der Waals surface area contributed by atoms with E-state index in [0.29, 0.717) is 0 Å². The predicted molar refractivity (Wildman–Crippen MR) is 35.3 cm³/mol. The smallest absolute Gasteiger partial charge is 0.196 e. The molecule has 44 valence electrons. The molecule has 0 fully saturated rings. The van der Waals surface area contributed by atoms with Crippen molar-refractivity contribution in [3.05, 3.63) is 11.4 Å². The molecular formula is C5H7NOS. The van der Waals surface area contributed by atoms with Crippen molar-refractivity contribution in [1.82, 2.24) is 0 Å². The standard InChI is InChI=1S/C5H7NOS/c1-7-5-4(6)2-3-8-5/h2-3H,6H2,1H3. The van der Waals surface area contributed by atoms with Crippen LogP contribution in [0.1, 0.15) is 0 Å². The summed E-state index contributed by atoms with van der Waals surface area (Å²) in [4.78, 5) is 0. The largest absolute Gasteiger partial charge is 0.486 e. The first-order chi connectivity index (χ1) is 3.84. The molecule has 0 amide bonds. The number of thiophene rings is 1. The second kappa shape index (κ2) is 2.05.